The fourth-order valence-electron chi connectivity index (χ4n) is 2.58. The number of aromatic nitrogens is 2. The normalized spacial score (nSPS) is 12.3. The van der Waals surface area contributed by atoms with Crippen LogP contribution in [0.4, 0.5) is 5.82 Å². The summed E-state index contributed by atoms with van der Waals surface area (Å²) < 4.78 is 0. The van der Waals surface area contributed by atoms with Crippen molar-refractivity contribution in [2.24, 2.45) is 0 Å². The van der Waals surface area contributed by atoms with Crippen LogP contribution >= 0.6 is 0 Å². The van der Waals surface area contributed by atoms with E-state index in [9.17, 15) is 4.79 Å². The fourth-order valence-corrected chi connectivity index (χ4v) is 2.58. The van der Waals surface area contributed by atoms with Gasteiger partial charge in [-0.15, -0.1) is 0 Å². The van der Waals surface area contributed by atoms with Gasteiger partial charge in [-0.2, -0.15) is 5.10 Å². The van der Waals surface area contributed by atoms with Crippen molar-refractivity contribution in [3.8, 4) is 0 Å². The molecule has 1 heterocycles. The second-order valence-corrected chi connectivity index (χ2v) is 5.66. The van der Waals surface area contributed by atoms with Gasteiger partial charge >= 0.3 is 0 Å². The molecule has 3 aromatic rings. The standard InChI is InChI=1S/C18H20N4O/c1-3-12-4-6-13(7-5-12)11(2)20-18(23)14-8-9-16-15(10-14)17(19)22-21-16/h4-11H,3H2,1-2H3,(H,20,23)(H3,19,21,22)/t11-/m0/s1. The van der Waals surface area contributed by atoms with Crippen LogP contribution < -0.4 is 11.1 Å². The van der Waals surface area contributed by atoms with Crippen LogP contribution in [-0.4, -0.2) is 16.1 Å². The van der Waals surface area contributed by atoms with Crippen LogP contribution in [-0.2, 0) is 6.42 Å². The molecule has 23 heavy (non-hydrogen) atoms. The number of H-pyrrole nitrogens is 1. The molecule has 0 unspecified atom stereocenters. The van der Waals surface area contributed by atoms with E-state index in [-0.39, 0.29) is 11.9 Å². The molecule has 0 spiro atoms. The lowest BCUT2D eigenvalue weighted by atomic mass is 10.0. The average Bonchev–Trinajstić information content (AvgIpc) is 2.95. The Labute approximate surface area is 134 Å². The number of benzene rings is 2. The molecular weight excluding hydrogens is 288 g/mol. The number of nitrogens with one attached hydrogen (secondary N) is 2. The van der Waals surface area contributed by atoms with Gasteiger partial charge in [0.25, 0.3) is 5.91 Å². The predicted molar refractivity (Wildman–Crippen MR) is 92.2 cm³/mol. The number of carbonyl (C=O) groups excluding carboxylic acids is 1. The van der Waals surface area contributed by atoms with Crippen molar-refractivity contribution in [1.29, 1.82) is 0 Å². The first-order chi connectivity index (χ1) is 11.1. The van der Waals surface area contributed by atoms with Crippen molar-refractivity contribution in [1.82, 2.24) is 15.5 Å². The van der Waals surface area contributed by atoms with Gasteiger partial charge in [-0.05, 0) is 42.7 Å². The molecule has 4 N–H and O–H groups in total. The van der Waals surface area contributed by atoms with Gasteiger partial charge in [0.05, 0.1) is 11.6 Å². The Hall–Kier alpha value is -2.82. The number of hydrogen-bond acceptors (Lipinski definition) is 3. The van der Waals surface area contributed by atoms with Crippen molar-refractivity contribution in [3.63, 3.8) is 0 Å². The molecule has 3 rings (SSSR count). The van der Waals surface area contributed by atoms with E-state index in [2.05, 4.69) is 46.7 Å². The predicted octanol–water partition coefficient (Wildman–Crippen LogP) is 3.20. The minimum Gasteiger partial charge on any atom is -0.382 e. The van der Waals surface area contributed by atoms with Crippen LogP contribution in [0.25, 0.3) is 10.9 Å². The van der Waals surface area contributed by atoms with Gasteiger partial charge in [-0.25, -0.2) is 0 Å². The SMILES string of the molecule is CCc1ccc([C@H](C)NC(=O)c2ccc3[nH]nc(N)c3c2)cc1. The molecule has 5 nitrogen and oxygen atoms in total. The summed E-state index contributed by atoms with van der Waals surface area (Å²) in [5.41, 5.74) is 9.55. The van der Waals surface area contributed by atoms with Gasteiger partial charge in [0, 0.05) is 10.9 Å². The quantitative estimate of drug-likeness (QED) is 0.692. The van der Waals surface area contributed by atoms with Crippen molar-refractivity contribution in [3.05, 3.63) is 59.2 Å². The number of carbonyl (C=O) groups is 1. The molecule has 0 aliphatic heterocycles. The molecule has 118 valence electrons. The Morgan fingerprint density at radius 2 is 2.00 bits per heavy atom. The molecule has 1 atom stereocenters. The Kier molecular flexibility index (Phi) is 4.02. The number of nitrogens with zero attached hydrogens (tertiary/aromatic N) is 1. The maximum absolute atomic E-state index is 12.4. The second kappa shape index (κ2) is 6.12. The topological polar surface area (TPSA) is 83.8 Å². The third-order valence-corrected chi connectivity index (χ3v) is 4.09. The van der Waals surface area contributed by atoms with E-state index in [0.29, 0.717) is 11.4 Å². The molecule has 0 radical (unpaired) electrons. The summed E-state index contributed by atoms with van der Waals surface area (Å²) in [5, 5.41) is 10.5. The number of aryl methyl sites for hydroxylation is 1. The fraction of sp³-hybridized carbons (Fsp3) is 0.222. The van der Waals surface area contributed by atoms with Gasteiger partial charge in [0.1, 0.15) is 0 Å². The van der Waals surface area contributed by atoms with E-state index in [1.807, 2.05) is 13.0 Å². The van der Waals surface area contributed by atoms with Crippen LogP contribution in [0, 0.1) is 0 Å². The minimum absolute atomic E-state index is 0.0641. The largest absolute Gasteiger partial charge is 0.382 e. The van der Waals surface area contributed by atoms with E-state index in [4.69, 9.17) is 5.73 Å². The van der Waals surface area contributed by atoms with E-state index in [1.54, 1.807) is 12.1 Å². The molecule has 1 aromatic heterocycles. The lowest BCUT2D eigenvalue weighted by molar-refractivity contribution is 0.0940. The zero-order chi connectivity index (χ0) is 16.4. The number of nitrogens with two attached hydrogens (primary N) is 1. The summed E-state index contributed by atoms with van der Waals surface area (Å²) in [7, 11) is 0. The summed E-state index contributed by atoms with van der Waals surface area (Å²) in [6, 6.07) is 13.6. The van der Waals surface area contributed by atoms with Crippen molar-refractivity contribution >= 4 is 22.6 Å². The van der Waals surface area contributed by atoms with Crippen molar-refractivity contribution in [2.75, 3.05) is 5.73 Å². The molecule has 2 aromatic carbocycles. The Morgan fingerprint density at radius 1 is 1.26 bits per heavy atom. The van der Waals surface area contributed by atoms with Crippen LogP contribution in [0.2, 0.25) is 0 Å². The Bertz CT molecular complexity index is 836. The molecule has 0 aliphatic carbocycles. The lowest BCUT2D eigenvalue weighted by Gasteiger charge is -2.15. The first kappa shape index (κ1) is 15.1. The van der Waals surface area contributed by atoms with Crippen LogP contribution in [0.3, 0.4) is 0 Å². The summed E-state index contributed by atoms with van der Waals surface area (Å²) in [6.45, 7) is 4.10. The van der Waals surface area contributed by atoms with E-state index < -0.39 is 0 Å². The summed E-state index contributed by atoms with van der Waals surface area (Å²) >= 11 is 0. The second-order valence-electron chi connectivity index (χ2n) is 5.66. The van der Waals surface area contributed by atoms with Gasteiger partial charge in [0.2, 0.25) is 0 Å². The number of anilines is 1. The van der Waals surface area contributed by atoms with Crippen molar-refractivity contribution < 1.29 is 4.79 Å². The molecule has 5 heteroatoms. The van der Waals surface area contributed by atoms with Crippen molar-refractivity contribution in [2.45, 2.75) is 26.3 Å². The molecule has 0 saturated carbocycles. The van der Waals surface area contributed by atoms with Gasteiger partial charge in [-0.1, -0.05) is 31.2 Å². The minimum atomic E-state index is -0.125. The van der Waals surface area contributed by atoms with E-state index in [0.717, 1.165) is 22.9 Å². The highest BCUT2D eigenvalue weighted by Gasteiger charge is 2.13. The number of amides is 1. The van der Waals surface area contributed by atoms with E-state index in [1.165, 1.54) is 5.56 Å². The summed E-state index contributed by atoms with van der Waals surface area (Å²) in [6.07, 6.45) is 1.01. The van der Waals surface area contributed by atoms with Crippen LogP contribution in [0.5, 0.6) is 0 Å². The Morgan fingerprint density at radius 3 is 2.70 bits per heavy atom. The third-order valence-electron chi connectivity index (χ3n) is 4.09. The number of fused-ring (bicyclic) bond motifs is 1. The smallest absolute Gasteiger partial charge is 0.251 e. The lowest BCUT2D eigenvalue weighted by Crippen LogP contribution is -2.26. The first-order valence-electron chi connectivity index (χ1n) is 7.71. The van der Waals surface area contributed by atoms with Gasteiger partial charge in [0.15, 0.2) is 5.82 Å². The van der Waals surface area contributed by atoms with E-state index >= 15 is 0 Å². The highest BCUT2D eigenvalue weighted by molar-refractivity contribution is 6.00. The molecule has 0 aliphatic rings. The van der Waals surface area contributed by atoms with Gasteiger partial charge in [-0.3, -0.25) is 9.89 Å². The maximum Gasteiger partial charge on any atom is 0.251 e. The first-order valence-corrected chi connectivity index (χ1v) is 7.71. The third kappa shape index (κ3) is 3.04. The number of nitrogen functional groups attached to an aromatic ring is 1. The van der Waals surface area contributed by atoms with Gasteiger partial charge < -0.3 is 11.1 Å². The molecule has 1 amide bonds. The Balaban J connectivity index is 1.77. The molecular formula is C18H20N4O. The zero-order valence-electron chi connectivity index (χ0n) is 13.3. The number of aromatic amines is 1. The molecule has 0 bridgehead atoms. The highest BCUT2D eigenvalue weighted by atomic mass is 16.1. The average molecular weight is 308 g/mol. The maximum atomic E-state index is 12.4. The van der Waals surface area contributed by atoms with Crippen LogP contribution in [0.15, 0.2) is 42.5 Å². The summed E-state index contributed by atoms with van der Waals surface area (Å²) in [5.74, 6) is 0.275. The summed E-state index contributed by atoms with van der Waals surface area (Å²) in [4.78, 5) is 12.4. The molecule has 0 saturated heterocycles. The number of hydrogen-bond donors (Lipinski definition) is 3. The zero-order valence-corrected chi connectivity index (χ0v) is 13.3. The monoisotopic (exact) mass is 308 g/mol. The highest BCUT2D eigenvalue weighted by Crippen LogP contribution is 2.20. The molecule has 0 fully saturated rings. The van der Waals surface area contributed by atoms with Crippen LogP contribution in [0.1, 0.15) is 41.4 Å². The number of rotatable bonds is 4.